The fourth-order valence-corrected chi connectivity index (χ4v) is 3.86. The lowest BCUT2D eigenvalue weighted by molar-refractivity contribution is -0.155. The number of ether oxygens (including phenoxy) is 2. The number of amides is 1. The molecule has 0 aromatic heterocycles. The Morgan fingerprint density at radius 1 is 1.16 bits per heavy atom. The molecule has 1 amide bonds. The molecule has 2 atom stereocenters. The summed E-state index contributed by atoms with van der Waals surface area (Å²) in [7, 11) is 1.52. The smallest absolute Gasteiger partial charge is 0.309 e. The van der Waals surface area contributed by atoms with Crippen LogP contribution in [0.2, 0.25) is 0 Å². The quantitative estimate of drug-likeness (QED) is 0.830. The number of hydrogen-bond acceptors (Lipinski definition) is 5. The first kappa shape index (κ1) is 17.5. The Bertz CT molecular complexity index is 656. The van der Waals surface area contributed by atoms with E-state index in [1.807, 2.05) is 0 Å². The molecule has 1 aromatic rings. The lowest BCUT2D eigenvalue weighted by Gasteiger charge is -2.36. The highest BCUT2D eigenvalue weighted by atomic mass is 16.5. The van der Waals surface area contributed by atoms with Crippen molar-refractivity contribution < 1.29 is 23.9 Å². The van der Waals surface area contributed by atoms with Gasteiger partial charge in [-0.25, -0.2) is 0 Å². The van der Waals surface area contributed by atoms with Gasteiger partial charge in [-0.2, -0.15) is 0 Å². The van der Waals surface area contributed by atoms with Gasteiger partial charge < -0.3 is 14.8 Å². The minimum absolute atomic E-state index is 0.00698. The van der Waals surface area contributed by atoms with Crippen LogP contribution in [0.5, 0.6) is 5.75 Å². The first-order valence-electron chi connectivity index (χ1n) is 8.71. The van der Waals surface area contributed by atoms with Crippen LogP contribution in [-0.4, -0.2) is 31.4 Å². The molecule has 2 fully saturated rings. The molecule has 0 aliphatic heterocycles. The number of carbonyl (C=O) groups is 3. The van der Waals surface area contributed by atoms with Crippen molar-refractivity contribution in [3.05, 3.63) is 24.3 Å². The van der Waals surface area contributed by atoms with Crippen molar-refractivity contribution in [3.8, 4) is 5.75 Å². The molecule has 0 saturated heterocycles. The third-order valence-corrected chi connectivity index (χ3v) is 5.11. The maximum Gasteiger partial charge on any atom is 0.309 e. The van der Waals surface area contributed by atoms with Crippen LogP contribution in [0, 0.1) is 17.8 Å². The third kappa shape index (κ3) is 4.00. The number of carbonyl (C=O) groups excluding carboxylic acids is 3. The number of para-hydroxylation sites is 2. The van der Waals surface area contributed by atoms with Crippen molar-refractivity contribution in [1.82, 2.24) is 0 Å². The first-order valence-corrected chi connectivity index (χ1v) is 8.71. The van der Waals surface area contributed by atoms with Crippen LogP contribution >= 0.6 is 0 Å². The Balaban J connectivity index is 1.50. The second-order valence-electron chi connectivity index (χ2n) is 6.75. The number of hydrogen-bond donors (Lipinski definition) is 1. The molecule has 6 heteroatoms. The van der Waals surface area contributed by atoms with Crippen molar-refractivity contribution in [3.63, 3.8) is 0 Å². The maximum atomic E-state index is 12.3. The molecule has 0 spiro atoms. The summed E-state index contributed by atoms with van der Waals surface area (Å²) in [4.78, 5) is 36.4. The van der Waals surface area contributed by atoms with Gasteiger partial charge in [-0.3, -0.25) is 14.4 Å². The zero-order chi connectivity index (χ0) is 17.8. The van der Waals surface area contributed by atoms with E-state index in [1.54, 1.807) is 24.3 Å². The van der Waals surface area contributed by atoms with Gasteiger partial charge in [-0.15, -0.1) is 0 Å². The third-order valence-electron chi connectivity index (χ3n) is 5.11. The number of nitrogens with one attached hydrogen (secondary N) is 1. The summed E-state index contributed by atoms with van der Waals surface area (Å²) < 4.78 is 10.4. The number of benzene rings is 1. The Labute approximate surface area is 146 Å². The van der Waals surface area contributed by atoms with Gasteiger partial charge in [0.1, 0.15) is 11.5 Å². The van der Waals surface area contributed by atoms with Crippen LogP contribution in [0.3, 0.4) is 0 Å². The van der Waals surface area contributed by atoms with Gasteiger partial charge in [-0.05, 0) is 37.8 Å². The molecule has 0 radical (unpaired) electrons. The number of Topliss-reactive ketones (excluding diaryl/α,β-unsaturated/α-hetero) is 1. The van der Waals surface area contributed by atoms with Gasteiger partial charge >= 0.3 is 5.97 Å². The second-order valence-corrected chi connectivity index (χ2v) is 6.75. The molecule has 25 heavy (non-hydrogen) atoms. The highest BCUT2D eigenvalue weighted by Gasteiger charge is 2.41. The van der Waals surface area contributed by atoms with Gasteiger partial charge in [0.05, 0.1) is 18.7 Å². The second kappa shape index (κ2) is 7.68. The molecule has 6 nitrogen and oxygen atoms in total. The molecule has 1 N–H and O–H groups in total. The predicted molar refractivity (Wildman–Crippen MR) is 91.1 cm³/mol. The highest BCUT2D eigenvalue weighted by molar-refractivity contribution is 5.94. The summed E-state index contributed by atoms with van der Waals surface area (Å²) in [6.07, 6.45) is 3.91. The Hall–Kier alpha value is -2.37. The summed E-state index contributed by atoms with van der Waals surface area (Å²) >= 11 is 0. The molecule has 3 rings (SSSR count). The molecular weight excluding hydrogens is 322 g/mol. The van der Waals surface area contributed by atoms with E-state index < -0.39 is 5.91 Å². The summed E-state index contributed by atoms with van der Waals surface area (Å²) in [5.41, 5.74) is 0.531. The number of anilines is 1. The molecular formula is C19H23NO5. The summed E-state index contributed by atoms with van der Waals surface area (Å²) in [6.45, 7) is -0.337. The lowest BCUT2D eigenvalue weighted by atomic mass is 9.67. The van der Waals surface area contributed by atoms with E-state index in [0.717, 1.165) is 19.3 Å². The Kier molecular flexibility index (Phi) is 5.36. The molecule has 2 aliphatic rings. The molecule has 2 bridgehead atoms. The van der Waals surface area contributed by atoms with E-state index in [1.165, 1.54) is 7.11 Å². The van der Waals surface area contributed by atoms with Gasteiger partial charge in [0.15, 0.2) is 6.61 Å². The summed E-state index contributed by atoms with van der Waals surface area (Å²) in [6, 6.07) is 7.03. The fourth-order valence-electron chi connectivity index (χ4n) is 3.86. The minimum Gasteiger partial charge on any atom is -0.495 e. The average Bonchev–Trinajstić information content (AvgIpc) is 2.60. The van der Waals surface area contributed by atoms with Gasteiger partial charge in [-0.1, -0.05) is 18.6 Å². The summed E-state index contributed by atoms with van der Waals surface area (Å²) in [5.74, 6) is -0.221. The summed E-state index contributed by atoms with van der Waals surface area (Å²) in [5, 5.41) is 2.67. The average molecular weight is 345 g/mol. The number of methoxy groups -OCH3 is 1. The lowest BCUT2D eigenvalue weighted by Crippen LogP contribution is -2.40. The number of rotatable bonds is 5. The van der Waals surface area contributed by atoms with Crippen molar-refractivity contribution in [2.45, 2.75) is 32.1 Å². The number of ketones is 1. The number of esters is 1. The number of fused-ring (bicyclic) bond motifs is 2. The van der Waals surface area contributed by atoms with Crippen LogP contribution < -0.4 is 10.1 Å². The molecule has 2 saturated carbocycles. The van der Waals surface area contributed by atoms with Crippen LogP contribution in [0.1, 0.15) is 32.1 Å². The van der Waals surface area contributed by atoms with Gasteiger partial charge in [0.2, 0.25) is 0 Å². The highest BCUT2D eigenvalue weighted by Crippen LogP contribution is 2.40. The largest absolute Gasteiger partial charge is 0.495 e. The molecule has 1 aromatic carbocycles. The maximum absolute atomic E-state index is 12.3. The van der Waals surface area contributed by atoms with Crippen LogP contribution in [0.15, 0.2) is 24.3 Å². The van der Waals surface area contributed by atoms with Crippen molar-refractivity contribution in [2.75, 3.05) is 19.0 Å². The molecule has 2 aliphatic carbocycles. The zero-order valence-electron chi connectivity index (χ0n) is 14.3. The van der Waals surface area contributed by atoms with E-state index in [9.17, 15) is 14.4 Å². The minimum atomic E-state index is -0.412. The van der Waals surface area contributed by atoms with E-state index in [-0.39, 0.29) is 30.3 Å². The van der Waals surface area contributed by atoms with Crippen molar-refractivity contribution in [2.24, 2.45) is 17.8 Å². The Morgan fingerprint density at radius 3 is 2.52 bits per heavy atom. The monoisotopic (exact) mass is 345 g/mol. The molecule has 0 heterocycles. The fraction of sp³-hybridized carbons (Fsp3) is 0.526. The molecule has 134 valence electrons. The van der Waals surface area contributed by atoms with E-state index >= 15 is 0 Å². The topological polar surface area (TPSA) is 81.7 Å². The first-order chi connectivity index (χ1) is 12.1. The zero-order valence-corrected chi connectivity index (χ0v) is 14.3. The molecule has 0 unspecified atom stereocenters. The Morgan fingerprint density at radius 2 is 1.84 bits per heavy atom. The van der Waals surface area contributed by atoms with Gasteiger partial charge in [0.25, 0.3) is 5.91 Å². The van der Waals surface area contributed by atoms with Crippen molar-refractivity contribution in [1.29, 1.82) is 0 Å². The van der Waals surface area contributed by atoms with Crippen LogP contribution in [0.4, 0.5) is 5.69 Å². The van der Waals surface area contributed by atoms with E-state index in [4.69, 9.17) is 9.47 Å². The van der Waals surface area contributed by atoms with Crippen LogP contribution in [0.25, 0.3) is 0 Å². The SMILES string of the molecule is COc1ccccc1NC(=O)COC(=O)C1C[C@@H]2CCC[C@@H](C1)C2=O. The van der Waals surface area contributed by atoms with E-state index in [0.29, 0.717) is 30.1 Å². The standard InChI is InChI=1S/C19H23NO5/c1-24-16-8-3-2-7-15(16)20-17(21)11-25-19(23)14-9-12-5-4-6-13(10-14)18(12)22/h2-3,7-8,12-14H,4-6,9-11H2,1H3,(H,20,21)/t12-,13-/m0/s1. The predicted octanol–water partition coefficient (Wildman–Crippen LogP) is 2.57. The van der Waals surface area contributed by atoms with Crippen molar-refractivity contribution >= 4 is 23.3 Å². The van der Waals surface area contributed by atoms with Gasteiger partial charge in [0, 0.05) is 11.8 Å². The normalized spacial score (nSPS) is 25.2. The van der Waals surface area contributed by atoms with Crippen LogP contribution in [-0.2, 0) is 19.1 Å². The van der Waals surface area contributed by atoms with E-state index in [2.05, 4.69) is 5.32 Å².